The smallest absolute Gasteiger partial charge is 0.00933 e. The molecule has 0 aliphatic carbocycles. The van der Waals surface area contributed by atoms with Crippen molar-refractivity contribution in [3.63, 3.8) is 0 Å². The van der Waals surface area contributed by atoms with E-state index in [4.69, 9.17) is 0 Å². The molecular weight excluding hydrogens is 172 g/mol. The molecule has 0 saturated carbocycles. The standard InChI is InChI=1S/C12H24N2/c1-3-11-5-4-8-14(11)10-12(2)6-7-13-9-12/h11,13H,3-10H2,1-2H3. The van der Waals surface area contributed by atoms with Gasteiger partial charge in [-0.05, 0) is 44.2 Å². The summed E-state index contributed by atoms with van der Waals surface area (Å²) in [4.78, 5) is 2.73. The van der Waals surface area contributed by atoms with Crippen molar-refractivity contribution in [2.75, 3.05) is 26.2 Å². The molecule has 0 aromatic carbocycles. The van der Waals surface area contributed by atoms with Crippen molar-refractivity contribution < 1.29 is 0 Å². The van der Waals surface area contributed by atoms with Gasteiger partial charge in [0.05, 0.1) is 0 Å². The molecule has 2 fully saturated rings. The third-order valence-electron chi connectivity index (χ3n) is 4.01. The summed E-state index contributed by atoms with van der Waals surface area (Å²) in [5, 5.41) is 3.49. The highest BCUT2D eigenvalue weighted by Crippen LogP contribution is 2.30. The van der Waals surface area contributed by atoms with Gasteiger partial charge in [0.15, 0.2) is 0 Å². The summed E-state index contributed by atoms with van der Waals surface area (Å²) in [5.41, 5.74) is 0.553. The van der Waals surface area contributed by atoms with Gasteiger partial charge in [-0.1, -0.05) is 13.8 Å². The summed E-state index contributed by atoms with van der Waals surface area (Å²) in [5.74, 6) is 0. The van der Waals surface area contributed by atoms with Gasteiger partial charge in [-0.15, -0.1) is 0 Å². The Morgan fingerprint density at radius 1 is 1.50 bits per heavy atom. The Hall–Kier alpha value is -0.0800. The zero-order valence-electron chi connectivity index (χ0n) is 9.68. The first kappa shape index (κ1) is 10.4. The van der Waals surface area contributed by atoms with Gasteiger partial charge in [-0.25, -0.2) is 0 Å². The molecule has 2 rings (SSSR count). The van der Waals surface area contributed by atoms with E-state index in [2.05, 4.69) is 24.1 Å². The summed E-state index contributed by atoms with van der Waals surface area (Å²) in [6.07, 6.45) is 5.55. The highest BCUT2D eigenvalue weighted by atomic mass is 15.2. The van der Waals surface area contributed by atoms with Crippen molar-refractivity contribution in [3.8, 4) is 0 Å². The number of nitrogens with one attached hydrogen (secondary N) is 1. The molecule has 2 nitrogen and oxygen atoms in total. The predicted octanol–water partition coefficient (Wildman–Crippen LogP) is 1.86. The topological polar surface area (TPSA) is 15.3 Å². The van der Waals surface area contributed by atoms with E-state index in [0.29, 0.717) is 5.41 Å². The first-order chi connectivity index (χ1) is 6.73. The van der Waals surface area contributed by atoms with Gasteiger partial charge in [0.2, 0.25) is 0 Å². The van der Waals surface area contributed by atoms with E-state index < -0.39 is 0 Å². The molecule has 2 aliphatic rings. The third-order valence-corrected chi connectivity index (χ3v) is 4.01. The maximum Gasteiger partial charge on any atom is 0.00933 e. The molecule has 0 bridgehead atoms. The summed E-state index contributed by atoms with van der Waals surface area (Å²) >= 11 is 0. The Morgan fingerprint density at radius 3 is 3.00 bits per heavy atom. The lowest BCUT2D eigenvalue weighted by atomic mass is 9.89. The first-order valence-corrected chi connectivity index (χ1v) is 6.18. The number of hydrogen-bond donors (Lipinski definition) is 1. The molecule has 0 radical (unpaired) electrons. The maximum atomic E-state index is 3.49. The van der Waals surface area contributed by atoms with Crippen molar-refractivity contribution >= 4 is 0 Å². The molecule has 0 amide bonds. The lowest BCUT2D eigenvalue weighted by molar-refractivity contribution is 0.162. The number of nitrogens with zero attached hydrogens (tertiary/aromatic N) is 1. The van der Waals surface area contributed by atoms with Crippen LogP contribution >= 0.6 is 0 Å². The Balaban J connectivity index is 1.89. The fraction of sp³-hybridized carbons (Fsp3) is 1.00. The van der Waals surface area contributed by atoms with Crippen LogP contribution in [-0.4, -0.2) is 37.1 Å². The van der Waals surface area contributed by atoms with Crippen molar-refractivity contribution in [1.82, 2.24) is 10.2 Å². The second-order valence-corrected chi connectivity index (χ2v) is 5.41. The van der Waals surface area contributed by atoms with Gasteiger partial charge in [0.25, 0.3) is 0 Å². The molecule has 2 heteroatoms. The van der Waals surface area contributed by atoms with E-state index in [-0.39, 0.29) is 0 Å². The molecule has 1 N–H and O–H groups in total. The van der Waals surface area contributed by atoms with E-state index >= 15 is 0 Å². The number of likely N-dealkylation sites (tertiary alicyclic amines) is 1. The van der Waals surface area contributed by atoms with Crippen LogP contribution in [0.1, 0.15) is 39.5 Å². The fourth-order valence-corrected chi connectivity index (χ4v) is 3.06. The average molecular weight is 196 g/mol. The molecule has 2 heterocycles. The number of rotatable bonds is 3. The van der Waals surface area contributed by atoms with Crippen LogP contribution in [0.4, 0.5) is 0 Å². The van der Waals surface area contributed by atoms with Crippen molar-refractivity contribution in [1.29, 1.82) is 0 Å². The van der Waals surface area contributed by atoms with Gasteiger partial charge >= 0.3 is 0 Å². The molecule has 14 heavy (non-hydrogen) atoms. The summed E-state index contributed by atoms with van der Waals surface area (Å²) in [6.45, 7) is 9.88. The van der Waals surface area contributed by atoms with Crippen LogP contribution in [0.15, 0.2) is 0 Å². The van der Waals surface area contributed by atoms with Gasteiger partial charge < -0.3 is 5.32 Å². The van der Waals surface area contributed by atoms with Crippen LogP contribution in [0.2, 0.25) is 0 Å². The van der Waals surface area contributed by atoms with Crippen LogP contribution in [0, 0.1) is 5.41 Å². The van der Waals surface area contributed by atoms with Gasteiger partial charge in [0.1, 0.15) is 0 Å². The predicted molar refractivity (Wildman–Crippen MR) is 60.5 cm³/mol. The molecular formula is C12H24N2. The Kier molecular flexibility index (Phi) is 3.13. The van der Waals surface area contributed by atoms with Crippen molar-refractivity contribution in [2.45, 2.75) is 45.6 Å². The van der Waals surface area contributed by atoms with E-state index in [0.717, 1.165) is 6.04 Å². The van der Waals surface area contributed by atoms with Crippen molar-refractivity contribution in [3.05, 3.63) is 0 Å². The molecule has 2 saturated heterocycles. The van der Waals surface area contributed by atoms with E-state index in [1.165, 1.54) is 51.9 Å². The lowest BCUT2D eigenvalue weighted by Gasteiger charge is -2.32. The number of hydrogen-bond acceptors (Lipinski definition) is 2. The van der Waals surface area contributed by atoms with E-state index in [1.54, 1.807) is 0 Å². The molecule has 82 valence electrons. The highest BCUT2D eigenvalue weighted by Gasteiger charge is 2.34. The Morgan fingerprint density at radius 2 is 2.36 bits per heavy atom. The summed E-state index contributed by atoms with van der Waals surface area (Å²) in [7, 11) is 0. The molecule has 0 aromatic heterocycles. The fourth-order valence-electron chi connectivity index (χ4n) is 3.06. The zero-order chi connectivity index (χ0) is 10.0. The third kappa shape index (κ3) is 2.12. The van der Waals surface area contributed by atoms with Crippen LogP contribution in [0.25, 0.3) is 0 Å². The van der Waals surface area contributed by atoms with Gasteiger partial charge in [-0.2, -0.15) is 0 Å². The quantitative estimate of drug-likeness (QED) is 0.741. The van der Waals surface area contributed by atoms with Crippen LogP contribution < -0.4 is 5.32 Å². The van der Waals surface area contributed by atoms with Crippen molar-refractivity contribution in [2.24, 2.45) is 5.41 Å². The SMILES string of the molecule is CCC1CCCN1CC1(C)CCNC1. The normalized spacial score (nSPS) is 39.4. The molecule has 0 aromatic rings. The second-order valence-electron chi connectivity index (χ2n) is 5.41. The Bertz CT molecular complexity index is 185. The minimum Gasteiger partial charge on any atom is -0.316 e. The first-order valence-electron chi connectivity index (χ1n) is 6.18. The Labute approximate surface area is 88.1 Å². The van der Waals surface area contributed by atoms with Crippen LogP contribution in [-0.2, 0) is 0 Å². The minimum atomic E-state index is 0.553. The average Bonchev–Trinajstić information content (AvgIpc) is 2.75. The monoisotopic (exact) mass is 196 g/mol. The molecule has 2 unspecified atom stereocenters. The zero-order valence-corrected chi connectivity index (χ0v) is 9.68. The summed E-state index contributed by atoms with van der Waals surface area (Å²) < 4.78 is 0. The molecule has 2 aliphatic heterocycles. The molecule has 0 spiro atoms. The second kappa shape index (κ2) is 4.19. The largest absolute Gasteiger partial charge is 0.316 e. The summed E-state index contributed by atoms with van der Waals surface area (Å²) in [6, 6.07) is 0.882. The van der Waals surface area contributed by atoms with E-state index in [1.807, 2.05) is 0 Å². The van der Waals surface area contributed by atoms with Gasteiger partial charge in [0, 0.05) is 19.1 Å². The highest BCUT2D eigenvalue weighted by molar-refractivity contribution is 4.90. The lowest BCUT2D eigenvalue weighted by Crippen LogP contribution is -2.39. The van der Waals surface area contributed by atoms with Crippen LogP contribution in [0.3, 0.4) is 0 Å². The van der Waals surface area contributed by atoms with E-state index in [9.17, 15) is 0 Å². The van der Waals surface area contributed by atoms with Gasteiger partial charge in [-0.3, -0.25) is 4.90 Å². The van der Waals surface area contributed by atoms with Crippen LogP contribution in [0.5, 0.6) is 0 Å². The minimum absolute atomic E-state index is 0.553. The molecule has 2 atom stereocenters. The maximum absolute atomic E-state index is 3.49.